The van der Waals surface area contributed by atoms with E-state index >= 15 is 0 Å². The Labute approximate surface area is 148 Å². The fraction of sp³-hybridized carbons (Fsp3) is 0.300. The first-order valence-electron chi connectivity index (χ1n) is 8.26. The molecule has 0 bridgehead atoms. The number of hydrogen-bond acceptors (Lipinski definition) is 3. The average Bonchev–Trinajstić information content (AvgIpc) is 2.54. The monoisotopic (exact) mass is 340 g/mol. The van der Waals surface area contributed by atoms with Crippen molar-refractivity contribution >= 4 is 23.2 Å². The van der Waals surface area contributed by atoms with Crippen LogP contribution < -0.4 is 15.4 Å². The molecular formula is C20H24N2O3. The van der Waals surface area contributed by atoms with Crippen LogP contribution in [-0.4, -0.2) is 18.4 Å². The van der Waals surface area contributed by atoms with Gasteiger partial charge in [0, 0.05) is 18.3 Å². The molecule has 0 aliphatic heterocycles. The van der Waals surface area contributed by atoms with Crippen LogP contribution in [0.15, 0.2) is 42.5 Å². The van der Waals surface area contributed by atoms with Crippen molar-refractivity contribution in [3.05, 3.63) is 53.6 Å². The molecule has 2 aromatic rings. The number of anilines is 2. The van der Waals surface area contributed by atoms with Crippen LogP contribution in [0.1, 0.15) is 37.8 Å². The summed E-state index contributed by atoms with van der Waals surface area (Å²) in [5, 5.41) is 5.46. The molecule has 25 heavy (non-hydrogen) atoms. The molecule has 0 fully saturated rings. The van der Waals surface area contributed by atoms with Gasteiger partial charge in [0.25, 0.3) is 5.91 Å². The van der Waals surface area contributed by atoms with Gasteiger partial charge in [0.2, 0.25) is 5.91 Å². The van der Waals surface area contributed by atoms with Crippen LogP contribution in [0, 0.1) is 6.92 Å². The zero-order valence-corrected chi connectivity index (χ0v) is 15.1. The molecule has 0 aliphatic carbocycles. The highest BCUT2D eigenvalue weighted by atomic mass is 16.5. The Kier molecular flexibility index (Phi) is 6.17. The Morgan fingerprint density at radius 2 is 1.60 bits per heavy atom. The predicted octanol–water partition coefficient (Wildman–Crippen LogP) is 4.09. The fourth-order valence-electron chi connectivity index (χ4n) is 2.42. The maximum Gasteiger partial charge on any atom is 0.262 e. The molecule has 2 rings (SSSR count). The van der Waals surface area contributed by atoms with Gasteiger partial charge in [-0.1, -0.05) is 26.0 Å². The molecule has 5 heteroatoms. The molecular weight excluding hydrogens is 316 g/mol. The minimum absolute atomic E-state index is 0.0589. The van der Waals surface area contributed by atoms with E-state index in [-0.39, 0.29) is 18.4 Å². The molecule has 2 N–H and O–H groups in total. The maximum atomic E-state index is 12.1. The molecule has 0 aliphatic rings. The molecule has 2 aromatic carbocycles. The van der Waals surface area contributed by atoms with E-state index in [0.717, 1.165) is 16.9 Å². The Hall–Kier alpha value is -2.82. The van der Waals surface area contributed by atoms with Crippen molar-refractivity contribution in [1.82, 2.24) is 0 Å². The lowest BCUT2D eigenvalue weighted by atomic mass is 10.0. The summed E-state index contributed by atoms with van der Waals surface area (Å²) in [6.45, 7) is 7.57. The van der Waals surface area contributed by atoms with E-state index < -0.39 is 0 Å². The second-order valence-corrected chi connectivity index (χ2v) is 6.29. The number of carbonyl (C=O) groups is 2. The van der Waals surface area contributed by atoms with Crippen LogP contribution in [0.2, 0.25) is 0 Å². The molecule has 0 heterocycles. The first-order chi connectivity index (χ1) is 11.8. The minimum Gasteiger partial charge on any atom is -0.483 e. The summed E-state index contributed by atoms with van der Waals surface area (Å²) in [5.41, 5.74) is 3.51. The van der Waals surface area contributed by atoms with Gasteiger partial charge in [-0.2, -0.15) is 0 Å². The minimum atomic E-state index is -0.233. The van der Waals surface area contributed by atoms with Crippen molar-refractivity contribution in [3.8, 4) is 5.75 Å². The molecule has 0 saturated carbocycles. The number of ether oxygens (including phenoxy) is 1. The highest BCUT2D eigenvalue weighted by Crippen LogP contribution is 2.27. The topological polar surface area (TPSA) is 67.4 Å². The highest BCUT2D eigenvalue weighted by Gasteiger charge is 2.10. The van der Waals surface area contributed by atoms with Crippen LogP contribution in [0.4, 0.5) is 11.4 Å². The molecule has 5 nitrogen and oxygen atoms in total. The van der Waals surface area contributed by atoms with Crippen LogP contribution in [0.25, 0.3) is 0 Å². The van der Waals surface area contributed by atoms with Gasteiger partial charge in [-0.05, 0) is 54.3 Å². The average molecular weight is 340 g/mol. The summed E-state index contributed by atoms with van der Waals surface area (Å²) in [7, 11) is 0. The maximum absolute atomic E-state index is 12.1. The van der Waals surface area contributed by atoms with Crippen molar-refractivity contribution in [2.45, 2.75) is 33.6 Å². The Morgan fingerprint density at radius 1 is 1.00 bits per heavy atom. The number of rotatable bonds is 6. The molecule has 132 valence electrons. The van der Waals surface area contributed by atoms with Crippen LogP contribution in [0.3, 0.4) is 0 Å². The van der Waals surface area contributed by atoms with Crippen molar-refractivity contribution in [1.29, 1.82) is 0 Å². The van der Waals surface area contributed by atoms with Crippen molar-refractivity contribution in [2.75, 3.05) is 17.2 Å². The summed E-state index contributed by atoms with van der Waals surface area (Å²) in [5.74, 6) is 0.693. The van der Waals surface area contributed by atoms with Gasteiger partial charge in [0.05, 0.1) is 0 Å². The Morgan fingerprint density at radius 3 is 2.16 bits per heavy atom. The molecule has 0 aromatic heterocycles. The zero-order valence-electron chi connectivity index (χ0n) is 15.1. The fourth-order valence-corrected chi connectivity index (χ4v) is 2.42. The van der Waals surface area contributed by atoms with Gasteiger partial charge < -0.3 is 15.4 Å². The SMILES string of the molecule is CC(=O)Nc1ccc(NC(=O)COc2cc(C)ccc2C(C)C)cc1. The quantitative estimate of drug-likeness (QED) is 0.832. The van der Waals surface area contributed by atoms with E-state index in [4.69, 9.17) is 4.74 Å². The summed E-state index contributed by atoms with van der Waals surface area (Å²) < 4.78 is 5.72. The largest absolute Gasteiger partial charge is 0.483 e. The Balaban J connectivity index is 1.95. The van der Waals surface area contributed by atoms with E-state index in [2.05, 4.69) is 24.5 Å². The number of nitrogens with one attached hydrogen (secondary N) is 2. The summed E-state index contributed by atoms with van der Waals surface area (Å²) >= 11 is 0. The molecule has 0 saturated heterocycles. The van der Waals surface area contributed by atoms with Crippen molar-refractivity contribution in [3.63, 3.8) is 0 Å². The van der Waals surface area contributed by atoms with E-state index in [9.17, 15) is 9.59 Å². The van der Waals surface area contributed by atoms with Gasteiger partial charge in [0.15, 0.2) is 6.61 Å². The third-order valence-electron chi connectivity index (χ3n) is 3.64. The van der Waals surface area contributed by atoms with E-state index in [1.54, 1.807) is 24.3 Å². The molecule has 0 atom stereocenters. The molecule has 0 spiro atoms. The lowest BCUT2D eigenvalue weighted by Gasteiger charge is -2.15. The Bertz CT molecular complexity index is 752. The van der Waals surface area contributed by atoms with E-state index in [1.807, 2.05) is 25.1 Å². The van der Waals surface area contributed by atoms with Crippen LogP contribution in [-0.2, 0) is 9.59 Å². The zero-order chi connectivity index (χ0) is 18.4. The van der Waals surface area contributed by atoms with Gasteiger partial charge >= 0.3 is 0 Å². The number of carbonyl (C=O) groups excluding carboxylic acids is 2. The predicted molar refractivity (Wildman–Crippen MR) is 100 cm³/mol. The smallest absolute Gasteiger partial charge is 0.262 e. The first kappa shape index (κ1) is 18.5. The number of amides is 2. The lowest BCUT2D eigenvalue weighted by Crippen LogP contribution is -2.20. The second-order valence-electron chi connectivity index (χ2n) is 6.29. The second kappa shape index (κ2) is 8.33. The molecule has 0 unspecified atom stereocenters. The van der Waals surface area contributed by atoms with Gasteiger partial charge in [-0.3, -0.25) is 9.59 Å². The normalized spacial score (nSPS) is 10.4. The summed E-state index contributed by atoms with van der Waals surface area (Å²) in [6, 6.07) is 13.0. The van der Waals surface area contributed by atoms with Gasteiger partial charge in [0.1, 0.15) is 5.75 Å². The summed E-state index contributed by atoms with van der Waals surface area (Å²) in [6.07, 6.45) is 0. The number of benzene rings is 2. The molecule has 0 radical (unpaired) electrons. The van der Waals surface area contributed by atoms with Gasteiger partial charge in [-0.25, -0.2) is 0 Å². The lowest BCUT2D eigenvalue weighted by molar-refractivity contribution is -0.118. The van der Waals surface area contributed by atoms with E-state index in [1.165, 1.54) is 6.92 Å². The third kappa shape index (κ3) is 5.64. The summed E-state index contributed by atoms with van der Waals surface area (Å²) in [4.78, 5) is 23.1. The van der Waals surface area contributed by atoms with Crippen LogP contribution in [0.5, 0.6) is 5.75 Å². The number of aryl methyl sites for hydroxylation is 1. The first-order valence-corrected chi connectivity index (χ1v) is 8.26. The van der Waals surface area contributed by atoms with Gasteiger partial charge in [-0.15, -0.1) is 0 Å². The van der Waals surface area contributed by atoms with E-state index in [0.29, 0.717) is 17.3 Å². The third-order valence-corrected chi connectivity index (χ3v) is 3.64. The standard InChI is InChI=1S/C20H24N2O3/c1-13(2)18-10-5-14(3)11-19(18)25-12-20(24)22-17-8-6-16(7-9-17)21-15(4)23/h5-11,13H,12H2,1-4H3,(H,21,23)(H,22,24). The van der Waals surface area contributed by atoms with Crippen LogP contribution >= 0.6 is 0 Å². The van der Waals surface area contributed by atoms with Crippen molar-refractivity contribution in [2.24, 2.45) is 0 Å². The highest BCUT2D eigenvalue weighted by molar-refractivity contribution is 5.93. The molecule has 2 amide bonds. The number of hydrogen-bond donors (Lipinski definition) is 2. The van der Waals surface area contributed by atoms with Crippen molar-refractivity contribution < 1.29 is 14.3 Å².